The van der Waals surface area contributed by atoms with Crippen LogP contribution in [0.15, 0.2) is 30.3 Å². The van der Waals surface area contributed by atoms with Gasteiger partial charge in [0.15, 0.2) is 0 Å². The summed E-state index contributed by atoms with van der Waals surface area (Å²) in [5, 5.41) is 0. The number of amides is 1. The number of nitrogens with two attached hydrogens (primary N) is 1. The first kappa shape index (κ1) is 14.0. The van der Waals surface area contributed by atoms with Gasteiger partial charge in [0.2, 0.25) is 5.91 Å². The van der Waals surface area contributed by atoms with Crippen LogP contribution in [0.2, 0.25) is 0 Å². The van der Waals surface area contributed by atoms with E-state index in [9.17, 15) is 4.79 Å². The highest BCUT2D eigenvalue weighted by Crippen LogP contribution is 2.23. The van der Waals surface area contributed by atoms with Gasteiger partial charge in [-0.05, 0) is 25.3 Å². The summed E-state index contributed by atoms with van der Waals surface area (Å²) >= 11 is 5.05. The van der Waals surface area contributed by atoms with E-state index in [1.807, 2.05) is 42.2 Å². The molecule has 0 saturated carbocycles. The van der Waals surface area contributed by atoms with Crippen LogP contribution in [0.1, 0.15) is 31.2 Å². The number of likely N-dealkylation sites (tertiary alicyclic amines) is 1. The van der Waals surface area contributed by atoms with Crippen LogP contribution in [0.25, 0.3) is 0 Å². The van der Waals surface area contributed by atoms with Crippen LogP contribution in [-0.4, -0.2) is 28.9 Å². The highest BCUT2D eigenvalue weighted by molar-refractivity contribution is 7.80. The second kappa shape index (κ2) is 6.15. The molecule has 0 radical (unpaired) electrons. The molecule has 0 bridgehead atoms. The molecule has 1 aliphatic rings. The summed E-state index contributed by atoms with van der Waals surface area (Å²) in [4.78, 5) is 14.9. The van der Waals surface area contributed by atoms with Gasteiger partial charge < -0.3 is 10.6 Å². The zero-order valence-corrected chi connectivity index (χ0v) is 12.0. The van der Waals surface area contributed by atoms with E-state index in [-0.39, 0.29) is 17.7 Å². The first-order valence-corrected chi connectivity index (χ1v) is 7.13. The van der Waals surface area contributed by atoms with Crippen molar-refractivity contribution >= 4 is 23.1 Å². The first-order valence-electron chi connectivity index (χ1n) is 6.72. The van der Waals surface area contributed by atoms with Crippen molar-refractivity contribution in [2.24, 2.45) is 11.7 Å². The van der Waals surface area contributed by atoms with Crippen LogP contribution in [0.5, 0.6) is 0 Å². The molecule has 1 saturated heterocycles. The Morgan fingerprint density at radius 2 is 2.11 bits per heavy atom. The zero-order valence-electron chi connectivity index (χ0n) is 11.2. The molecule has 102 valence electrons. The van der Waals surface area contributed by atoms with Crippen LogP contribution in [-0.2, 0) is 4.79 Å². The molecule has 2 rings (SSSR count). The molecule has 2 atom stereocenters. The van der Waals surface area contributed by atoms with E-state index in [0.717, 1.165) is 24.9 Å². The van der Waals surface area contributed by atoms with Crippen molar-refractivity contribution in [1.82, 2.24) is 4.90 Å². The predicted molar refractivity (Wildman–Crippen MR) is 80.9 cm³/mol. The molecular formula is C15H20N2OS. The molecule has 2 unspecified atom stereocenters. The SMILES string of the molecule is CC(C(=O)N1CCCC(C(N)=S)C1)c1ccccc1. The largest absolute Gasteiger partial charge is 0.393 e. The number of carbonyl (C=O) groups is 1. The number of carbonyl (C=O) groups excluding carboxylic acids is 1. The zero-order chi connectivity index (χ0) is 13.8. The second-order valence-corrected chi connectivity index (χ2v) is 5.63. The number of rotatable bonds is 3. The summed E-state index contributed by atoms with van der Waals surface area (Å²) in [5.41, 5.74) is 6.77. The van der Waals surface area contributed by atoms with Gasteiger partial charge in [-0.15, -0.1) is 0 Å². The molecule has 0 aliphatic carbocycles. The average Bonchev–Trinajstić information content (AvgIpc) is 2.46. The Morgan fingerprint density at radius 1 is 1.42 bits per heavy atom. The summed E-state index contributed by atoms with van der Waals surface area (Å²) in [6.07, 6.45) is 1.98. The Bertz CT molecular complexity index is 460. The van der Waals surface area contributed by atoms with Gasteiger partial charge in [0, 0.05) is 19.0 Å². The van der Waals surface area contributed by atoms with E-state index in [4.69, 9.17) is 18.0 Å². The van der Waals surface area contributed by atoms with Crippen molar-refractivity contribution in [2.75, 3.05) is 13.1 Å². The Morgan fingerprint density at radius 3 is 2.74 bits per heavy atom. The summed E-state index contributed by atoms with van der Waals surface area (Å²) in [6, 6.07) is 9.89. The molecule has 1 amide bonds. The lowest BCUT2D eigenvalue weighted by atomic mass is 9.94. The fourth-order valence-electron chi connectivity index (χ4n) is 2.57. The van der Waals surface area contributed by atoms with Crippen molar-refractivity contribution in [3.05, 3.63) is 35.9 Å². The molecule has 1 aliphatic heterocycles. The minimum Gasteiger partial charge on any atom is -0.393 e. The van der Waals surface area contributed by atoms with Gasteiger partial charge in [0.25, 0.3) is 0 Å². The first-order chi connectivity index (χ1) is 9.09. The summed E-state index contributed by atoms with van der Waals surface area (Å²) in [6.45, 7) is 3.45. The fourth-order valence-corrected chi connectivity index (χ4v) is 2.76. The van der Waals surface area contributed by atoms with Crippen LogP contribution in [0.3, 0.4) is 0 Å². The minimum absolute atomic E-state index is 0.105. The van der Waals surface area contributed by atoms with Gasteiger partial charge >= 0.3 is 0 Å². The van der Waals surface area contributed by atoms with E-state index in [1.165, 1.54) is 0 Å². The van der Waals surface area contributed by atoms with E-state index in [2.05, 4.69) is 0 Å². The van der Waals surface area contributed by atoms with Crippen LogP contribution < -0.4 is 5.73 Å². The Hall–Kier alpha value is -1.42. The molecule has 1 heterocycles. The van der Waals surface area contributed by atoms with E-state index >= 15 is 0 Å². The molecule has 4 heteroatoms. The quantitative estimate of drug-likeness (QED) is 0.862. The lowest BCUT2D eigenvalue weighted by Gasteiger charge is -2.34. The number of benzene rings is 1. The van der Waals surface area contributed by atoms with E-state index in [1.54, 1.807) is 0 Å². The number of piperidine rings is 1. The monoisotopic (exact) mass is 276 g/mol. The number of thiocarbonyl (C=S) groups is 1. The van der Waals surface area contributed by atoms with Crippen LogP contribution in [0.4, 0.5) is 0 Å². The second-order valence-electron chi connectivity index (χ2n) is 5.16. The van der Waals surface area contributed by atoms with Gasteiger partial charge in [0.1, 0.15) is 0 Å². The third-order valence-electron chi connectivity index (χ3n) is 3.81. The molecule has 2 N–H and O–H groups in total. The molecule has 0 spiro atoms. The van der Waals surface area contributed by atoms with Gasteiger partial charge in [-0.3, -0.25) is 4.79 Å². The minimum atomic E-state index is -0.105. The maximum absolute atomic E-state index is 12.5. The van der Waals surface area contributed by atoms with Crippen LogP contribution in [0, 0.1) is 5.92 Å². The Kier molecular flexibility index (Phi) is 4.53. The predicted octanol–water partition coefficient (Wildman–Crippen LogP) is 2.31. The molecule has 3 nitrogen and oxygen atoms in total. The Balaban J connectivity index is 2.05. The fraction of sp³-hybridized carbons (Fsp3) is 0.467. The van der Waals surface area contributed by atoms with Crippen molar-refractivity contribution in [3.63, 3.8) is 0 Å². The Labute approximate surface area is 119 Å². The average molecular weight is 276 g/mol. The number of hydrogen-bond donors (Lipinski definition) is 1. The molecule has 1 aromatic carbocycles. The lowest BCUT2D eigenvalue weighted by molar-refractivity contribution is -0.133. The van der Waals surface area contributed by atoms with E-state index < -0.39 is 0 Å². The molecule has 19 heavy (non-hydrogen) atoms. The van der Waals surface area contributed by atoms with Gasteiger partial charge in [-0.2, -0.15) is 0 Å². The third-order valence-corrected chi connectivity index (χ3v) is 4.14. The van der Waals surface area contributed by atoms with Crippen molar-refractivity contribution in [3.8, 4) is 0 Å². The highest BCUT2D eigenvalue weighted by atomic mass is 32.1. The van der Waals surface area contributed by atoms with Gasteiger partial charge in [-0.1, -0.05) is 42.5 Å². The molecular weight excluding hydrogens is 256 g/mol. The van der Waals surface area contributed by atoms with Crippen LogP contribution >= 0.6 is 12.2 Å². The maximum Gasteiger partial charge on any atom is 0.229 e. The van der Waals surface area contributed by atoms with Crippen molar-refractivity contribution in [1.29, 1.82) is 0 Å². The highest BCUT2D eigenvalue weighted by Gasteiger charge is 2.28. The van der Waals surface area contributed by atoms with E-state index in [0.29, 0.717) is 11.5 Å². The molecule has 1 aromatic rings. The third kappa shape index (κ3) is 3.32. The summed E-state index contributed by atoms with van der Waals surface area (Å²) < 4.78 is 0. The summed E-state index contributed by atoms with van der Waals surface area (Å²) in [5.74, 6) is 0.245. The lowest BCUT2D eigenvalue weighted by Crippen LogP contribution is -2.45. The number of nitrogens with zero attached hydrogens (tertiary/aromatic N) is 1. The topological polar surface area (TPSA) is 46.3 Å². The molecule has 0 aromatic heterocycles. The smallest absolute Gasteiger partial charge is 0.229 e. The number of hydrogen-bond acceptors (Lipinski definition) is 2. The van der Waals surface area contributed by atoms with Gasteiger partial charge in [-0.25, -0.2) is 0 Å². The molecule has 1 fully saturated rings. The normalized spacial score (nSPS) is 20.9. The van der Waals surface area contributed by atoms with Crippen molar-refractivity contribution < 1.29 is 4.79 Å². The van der Waals surface area contributed by atoms with Crippen molar-refractivity contribution in [2.45, 2.75) is 25.7 Å². The maximum atomic E-state index is 12.5. The van der Waals surface area contributed by atoms with Gasteiger partial charge in [0.05, 0.1) is 10.9 Å². The summed E-state index contributed by atoms with van der Waals surface area (Å²) in [7, 11) is 0. The standard InChI is InChI=1S/C15H20N2OS/c1-11(12-6-3-2-4-7-12)15(18)17-9-5-8-13(10-17)14(16)19/h2-4,6-7,11,13H,5,8-10H2,1H3,(H2,16,19).